The molecule has 1 amide bonds. The third-order valence-corrected chi connectivity index (χ3v) is 6.29. The third-order valence-electron chi connectivity index (χ3n) is 4.99. The number of carbonyl (C=O) groups is 2. The van der Waals surface area contributed by atoms with Crippen LogP contribution in [0, 0.1) is 0 Å². The van der Waals surface area contributed by atoms with Gasteiger partial charge >= 0.3 is 0 Å². The minimum absolute atomic E-state index is 0.0117. The van der Waals surface area contributed by atoms with Crippen molar-refractivity contribution in [1.82, 2.24) is 0 Å². The Bertz CT molecular complexity index is 1220. The fraction of sp³-hybridized carbons (Fsp3) is 0.192. The number of ketones is 1. The first-order chi connectivity index (χ1) is 16.8. The number of ether oxygens (including phenoxy) is 2. The fourth-order valence-corrected chi connectivity index (χ4v) is 4.28. The van der Waals surface area contributed by atoms with Crippen LogP contribution in [0.5, 0.6) is 11.5 Å². The molecule has 3 aromatic rings. The second kappa shape index (κ2) is 12.2. The second-order valence-corrected chi connectivity index (χ2v) is 9.38. The molecule has 35 heavy (non-hydrogen) atoms. The minimum atomic E-state index is -0.359. The third kappa shape index (κ3) is 7.46. The average molecular weight is 510 g/mol. The molecule has 3 aromatic carbocycles. The number of rotatable bonds is 9. The van der Waals surface area contributed by atoms with Crippen molar-refractivity contribution in [1.29, 1.82) is 0 Å². The van der Waals surface area contributed by atoms with Crippen molar-refractivity contribution in [3.8, 4) is 11.5 Å². The lowest BCUT2D eigenvalue weighted by Crippen LogP contribution is -2.22. The van der Waals surface area contributed by atoms with E-state index in [1.165, 1.54) is 18.7 Å². The molecule has 3 N–H and O–H groups in total. The molecule has 3 rings (SSSR count). The van der Waals surface area contributed by atoms with Gasteiger partial charge in [0.2, 0.25) is 5.91 Å². The monoisotopic (exact) mass is 509 g/mol. The number of Topliss-reactive ketones (excluding diaryl/α,β-unsaturated/α-hetero) is 1. The molecule has 1 unspecified atom stereocenters. The van der Waals surface area contributed by atoms with Crippen molar-refractivity contribution in [3.05, 3.63) is 72.3 Å². The van der Waals surface area contributed by atoms with Crippen LogP contribution in [-0.4, -0.2) is 36.3 Å². The zero-order valence-electron chi connectivity index (χ0n) is 19.9. The Labute approximate surface area is 214 Å². The van der Waals surface area contributed by atoms with Gasteiger partial charge in [-0.15, -0.1) is 11.8 Å². The predicted octanol–water partition coefficient (Wildman–Crippen LogP) is 5.83. The zero-order chi connectivity index (χ0) is 25.4. The number of methoxy groups -OCH3 is 2. The number of thioether (sulfide) groups is 1. The summed E-state index contributed by atoms with van der Waals surface area (Å²) in [5, 5.41) is 9.21. The van der Waals surface area contributed by atoms with Gasteiger partial charge in [0.15, 0.2) is 10.9 Å². The molecule has 182 valence electrons. The van der Waals surface area contributed by atoms with Gasteiger partial charge < -0.3 is 25.4 Å². The van der Waals surface area contributed by atoms with Gasteiger partial charge in [0.1, 0.15) is 11.5 Å². The number of hydrogen-bond donors (Lipinski definition) is 3. The lowest BCUT2D eigenvalue weighted by atomic mass is 10.1. The fourth-order valence-electron chi connectivity index (χ4n) is 3.12. The summed E-state index contributed by atoms with van der Waals surface area (Å²) in [7, 11) is 3.12. The maximum absolute atomic E-state index is 12.8. The molecule has 0 spiro atoms. The number of amides is 1. The van der Waals surface area contributed by atoms with E-state index < -0.39 is 0 Å². The lowest BCUT2D eigenvalue weighted by molar-refractivity contribution is -0.115. The average Bonchev–Trinajstić information content (AvgIpc) is 2.84. The van der Waals surface area contributed by atoms with Gasteiger partial charge in [0, 0.05) is 27.9 Å². The van der Waals surface area contributed by atoms with E-state index in [1.54, 1.807) is 56.7 Å². The van der Waals surface area contributed by atoms with Crippen LogP contribution in [0.2, 0.25) is 0 Å². The van der Waals surface area contributed by atoms with E-state index in [-0.39, 0.29) is 16.9 Å². The van der Waals surface area contributed by atoms with Crippen LogP contribution >= 0.6 is 24.0 Å². The van der Waals surface area contributed by atoms with Gasteiger partial charge in [-0.2, -0.15) is 0 Å². The van der Waals surface area contributed by atoms with Gasteiger partial charge in [0.05, 0.1) is 25.2 Å². The first-order valence-corrected chi connectivity index (χ1v) is 12.1. The summed E-state index contributed by atoms with van der Waals surface area (Å²) in [5.74, 6) is 1.03. The summed E-state index contributed by atoms with van der Waals surface area (Å²) in [6.07, 6.45) is 0. The Morgan fingerprint density at radius 1 is 0.886 bits per heavy atom. The van der Waals surface area contributed by atoms with E-state index in [9.17, 15) is 9.59 Å². The van der Waals surface area contributed by atoms with Crippen LogP contribution in [0.15, 0.2) is 71.6 Å². The summed E-state index contributed by atoms with van der Waals surface area (Å²) in [6, 6.07) is 20.0. The minimum Gasteiger partial charge on any atom is -0.497 e. The molecule has 0 aliphatic carbocycles. The molecule has 0 saturated heterocycles. The molecule has 9 heteroatoms. The molecular weight excluding hydrogens is 482 g/mol. The number of nitrogens with one attached hydrogen (secondary N) is 3. The van der Waals surface area contributed by atoms with Crippen molar-refractivity contribution < 1.29 is 19.1 Å². The largest absolute Gasteiger partial charge is 0.497 e. The Morgan fingerprint density at radius 3 is 2.26 bits per heavy atom. The molecule has 0 fully saturated rings. The predicted molar refractivity (Wildman–Crippen MR) is 146 cm³/mol. The Balaban J connectivity index is 1.58. The van der Waals surface area contributed by atoms with Crippen LogP contribution in [0.1, 0.15) is 24.2 Å². The molecule has 1 atom stereocenters. The maximum Gasteiger partial charge on any atom is 0.237 e. The maximum atomic E-state index is 12.8. The van der Waals surface area contributed by atoms with Crippen LogP contribution in [0.25, 0.3) is 0 Å². The molecule has 0 aliphatic rings. The molecule has 0 heterocycles. The summed E-state index contributed by atoms with van der Waals surface area (Å²) >= 11 is 6.84. The van der Waals surface area contributed by atoms with Crippen LogP contribution in [0.4, 0.5) is 17.1 Å². The zero-order valence-corrected chi connectivity index (χ0v) is 21.5. The van der Waals surface area contributed by atoms with Gasteiger partial charge in [-0.3, -0.25) is 9.59 Å². The van der Waals surface area contributed by atoms with Gasteiger partial charge in [-0.05, 0) is 80.7 Å². The molecule has 0 radical (unpaired) electrons. The SMILES string of the molecule is COc1ccc(NC(=O)C(C)Sc2cccc(NC(=S)Nc3ccc(C(C)=O)cc3)c2)c(OC)c1. The number of carbonyl (C=O) groups excluding carboxylic acids is 2. The first-order valence-electron chi connectivity index (χ1n) is 10.8. The van der Waals surface area contributed by atoms with Crippen molar-refractivity contribution in [3.63, 3.8) is 0 Å². The topological polar surface area (TPSA) is 88.7 Å². The number of thiocarbonyl (C=S) groups is 1. The van der Waals surface area contributed by atoms with E-state index in [4.69, 9.17) is 21.7 Å². The summed E-state index contributed by atoms with van der Waals surface area (Å²) < 4.78 is 10.6. The number of anilines is 3. The Hall–Kier alpha value is -3.56. The summed E-state index contributed by atoms with van der Waals surface area (Å²) in [4.78, 5) is 25.1. The number of benzene rings is 3. The van der Waals surface area contributed by atoms with E-state index in [2.05, 4.69) is 16.0 Å². The van der Waals surface area contributed by atoms with Crippen LogP contribution in [-0.2, 0) is 4.79 Å². The Morgan fingerprint density at radius 2 is 1.60 bits per heavy atom. The molecule has 0 saturated carbocycles. The van der Waals surface area contributed by atoms with E-state index in [0.717, 1.165) is 16.3 Å². The smallest absolute Gasteiger partial charge is 0.237 e. The van der Waals surface area contributed by atoms with Crippen LogP contribution < -0.4 is 25.4 Å². The molecule has 0 aliphatic heterocycles. The van der Waals surface area contributed by atoms with Gasteiger partial charge in [0.25, 0.3) is 0 Å². The normalized spacial score (nSPS) is 11.2. The van der Waals surface area contributed by atoms with Gasteiger partial charge in [-0.1, -0.05) is 6.07 Å². The second-order valence-electron chi connectivity index (χ2n) is 7.56. The van der Waals surface area contributed by atoms with Crippen molar-refractivity contribution in [2.45, 2.75) is 24.0 Å². The van der Waals surface area contributed by atoms with Crippen molar-refractivity contribution in [2.75, 3.05) is 30.2 Å². The van der Waals surface area contributed by atoms with Gasteiger partial charge in [-0.25, -0.2) is 0 Å². The molecule has 0 bridgehead atoms. The highest BCUT2D eigenvalue weighted by Gasteiger charge is 2.17. The Kier molecular flexibility index (Phi) is 9.11. The van der Waals surface area contributed by atoms with E-state index in [1.807, 2.05) is 31.2 Å². The van der Waals surface area contributed by atoms with Crippen molar-refractivity contribution in [2.24, 2.45) is 0 Å². The highest BCUT2D eigenvalue weighted by molar-refractivity contribution is 8.00. The molecule has 7 nitrogen and oxygen atoms in total. The highest BCUT2D eigenvalue weighted by Crippen LogP contribution is 2.31. The highest BCUT2D eigenvalue weighted by atomic mass is 32.2. The van der Waals surface area contributed by atoms with Crippen molar-refractivity contribution >= 4 is 57.8 Å². The lowest BCUT2D eigenvalue weighted by Gasteiger charge is -2.16. The number of hydrogen-bond acceptors (Lipinski definition) is 6. The summed E-state index contributed by atoms with van der Waals surface area (Å²) in [5.41, 5.74) is 2.78. The van der Waals surface area contributed by atoms with E-state index >= 15 is 0 Å². The summed E-state index contributed by atoms with van der Waals surface area (Å²) in [6.45, 7) is 3.37. The standard InChI is InChI=1S/C26H27N3O4S2/c1-16(30)18-8-10-19(11-9-18)27-26(34)28-20-6-5-7-22(14-20)35-17(2)25(31)29-23-13-12-21(32-3)15-24(23)33-4/h5-15,17H,1-4H3,(H,29,31)(H2,27,28,34). The van der Waals surface area contributed by atoms with E-state index in [0.29, 0.717) is 27.9 Å². The molecular formula is C26H27N3O4S2. The molecule has 0 aromatic heterocycles. The first kappa shape index (κ1) is 26.1. The quantitative estimate of drug-likeness (QED) is 0.189. The van der Waals surface area contributed by atoms with Crippen LogP contribution in [0.3, 0.4) is 0 Å².